The monoisotopic (exact) mass is 296 g/mol. The number of carbonyl (C=O) groups excluding carboxylic acids is 1. The highest BCUT2D eigenvalue weighted by Crippen LogP contribution is 2.24. The van der Waals surface area contributed by atoms with Crippen molar-refractivity contribution in [3.05, 3.63) is 47.8 Å². The minimum Gasteiger partial charge on any atom is -0.462 e. The van der Waals surface area contributed by atoms with Crippen LogP contribution in [0.3, 0.4) is 0 Å². The number of benzene rings is 2. The molecule has 21 heavy (non-hydrogen) atoms. The summed E-state index contributed by atoms with van der Waals surface area (Å²) < 4.78 is 44.5. The molecule has 0 fully saturated rings. The van der Waals surface area contributed by atoms with Crippen LogP contribution in [0.4, 0.5) is 13.2 Å². The van der Waals surface area contributed by atoms with Crippen LogP contribution < -0.4 is 0 Å². The molecule has 0 aliphatic heterocycles. The Morgan fingerprint density at radius 1 is 1.14 bits per heavy atom. The normalized spacial score (nSPS) is 11.6. The topological polar surface area (TPSA) is 26.3 Å². The van der Waals surface area contributed by atoms with E-state index in [0.29, 0.717) is 10.9 Å². The zero-order valence-corrected chi connectivity index (χ0v) is 11.5. The van der Waals surface area contributed by atoms with Gasteiger partial charge in [0.25, 0.3) is 0 Å². The Morgan fingerprint density at radius 2 is 1.81 bits per heavy atom. The van der Waals surface area contributed by atoms with Crippen LogP contribution in [0.5, 0.6) is 0 Å². The van der Waals surface area contributed by atoms with Crippen LogP contribution in [0.15, 0.2) is 36.4 Å². The lowest BCUT2D eigenvalue weighted by atomic mass is 10.0. The number of carbonyl (C=O) groups is 1. The van der Waals surface area contributed by atoms with Gasteiger partial charge in [-0.15, -0.1) is 0 Å². The fraction of sp³-hybridized carbons (Fsp3) is 0.312. The van der Waals surface area contributed by atoms with Crippen LogP contribution in [-0.4, -0.2) is 18.5 Å². The SMILES string of the molecule is CCOC(=O)C(F)(F)CCc1ccc2cc(F)ccc2c1. The second-order valence-corrected chi connectivity index (χ2v) is 4.75. The fourth-order valence-electron chi connectivity index (χ4n) is 2.06. The number of aryl methyl sites for hydroxylation is 1. The lowest BCUT2D eigenvalue weighted by molar-refractivity contribution is -0.172. The van der Waals surface area contributed by atoms with Gasteiger partial charge in [0.15, 0.2) is 0 Å². The van der Waals surface area contributed by atoms with Gasteiger partial charge in [-0.3, -0.25) is 0 Å². The van der Waals surface area contributed by atoms with Gasteiger partial charge >= 0.3 is 11.9 Å². The van der Waals surface area contributed by atoms with Crippen molar-refractivity contribution in [1.82, 2.24) is 0 Å². The standard InChI is InChI=1S/C16H15F3O2/c1-2-21-15(20)16(18,19)8-7-11-3-4-13-10-14(17)6-5-12(13)9-11/h3-6,9-10H,2,7-8H2,1H3. The number of hydrogen-bond acceptors (Lipinski definition) is 2. The number of esters is 1. The first kappa shape index (κ1) is 15.4. The number of alkyl halides is 2. The lowest BCUT2D eigenvalue weighted by Crippen LogP contribution is -2.31. The summed E-state index contributed by atoms with van der Waals surface area (Å²) in [4.78, 5) is 11.1. The van der Waals surface area contributed by atoms with Gasteiger partial charge < -0.3 is 4.74 Å². The van der Waals surface area contributed by atoms with Crippen molar-refractivity contribution in [1.29, 1.82) is 0 Å². The molecule has 0 aromatic heterocycles. The molecule has 0 atom stereocenters. The zero-order chi connectivity index (χ0) is 15.5. The number of fused-ring (bicyclic) bond motifs is 1. The van der Waals surface area contributed by atoms with E-state index in [1.807, 2.05) is 0 Å². The van der Waals surface area contributed by atoms with E-state index in [1.54, 1.807) is 24.3 Å². The second kappa shape index (κ2) is 6.16. The smallest absolute Gasteiger partial charge is 0.376 e. The van der Waals surface area contributed by atoms with E-state index >= 15 is 0 Å². The first-order valence-electron chi connectivity index (χ1n) is 6.65. The molecule has 0 N–H and O–H groups in total. The van der Waals surface area contributed by atoms with Crippen molar-refractivity contribution < 1.29 is 22.7 Å². The fourth-order valence-corrected chi connectivity index (χ4v) is 2.06. The third kappa shape index (κ3) is 3.74. The number of rotatable bonds is 5. The molecule has 2 rings (SSSR count). The van der Waals surface area contributed by atoms with Gasteiger partial charge in [0, 0.05) is 6.42 Å². The van der Waals surface area contributed by atoms with Crippen LogP contribution >= 0.6 is 0 Å². The average Bonchev–Trinajstić information content (AvgIpc) is 2.45. The number of halogens is 3. The third-order valence-electron chi connectivity index (χ3n) is 3.17. The molecule has 0 radical (unpaired) electrons. The molecule has 2 aromatic carbocycles. The van der Waals surface area contributed by atoms with Gasteiger partial charge in [-0.05, 0) is 41.8 Å². The highest BCUT2D eigenvalue weighted by Gasteiger charge is 2.39. The Labute approximate surface area is 120 Å². The number of ether oxygens (including phenoxy) is 1. The maximum atomic E-state index is 13.5. The van der Waals surface area contributed by atoms with Gasteiger partial charge in [-0.25, -0.2) is 9.18 Å². The number of hydrogen-bond donors (Lipinski definition) is 0. The maximum absolute atomic E-state index is 13.5. The molecule has 0 bridgehead atoms. The zero-order valence-electron chi connectivity index (χ0n) is 11.5. The van der Waals surface area contributed by atoms with E-state index in [2.05, 4.69) is 4.74 Å². The molecule has 0 unspecified atom stereocenters. The van der Waals surface area contributed by atoms with Crippen LogP contribution in [0.25, 0.3) is 10.8 Å². The van der Waals surface area contributed by atoms with Crippen molar-refractivity contribution in [2.75, 3.05) is 6.61 Å². The first-order chi connectivity index (χ1) is 9.92. The highest BCUT2D eigenvalue weighted by atomic mass is 19.3. The Kier molecular flexibility index (Phi) is 4.50. The summed E-state index contributed by atoms with van der Waals surface area (Å²) in [6.07, 6.45) is -0.572. The van der Waals surface area contributed by atoms with Gasteiger partial charge in [0.2, 0.25) is 0 Å². The van der Waals surface area contributed by atoms with E-state index in [0.717, 1.165) is 5.39 Å². The summed E-state index contributed by atoms with van der Waals surface area (Å²) in [5.41, 5.74) is 0.665. The molecule has 0 saturated carbocycles. The molecule has 0 saturated heterocycles. The van der Waals surface area contributed by atoms with Crippen LogP contribution in [-0.2, 0) is 16.0 Å². The Hall–Kier alpha value is -2.04. The molecule has 5 heteroatoms. The third-order valence-corrected chi connectivity index (χ3v) is 3.17. The molecule has 0 amide bonds. The Morgan fingerprint density at radius 3 is 2.52 bits per heavy atom. The van der Waals surface area contributed by atoms with Crippen LogP contribution in [0.2, 0.25) is 0 Å². The van der Waals surface area contributed by atoms with Crippen molar-refractivity contribution in [3.8, 4) is 0 Å². The second-order valence-electron chi connectivity index (χ2n) is 4.75. The minimum atomic E-state index is -3.49. The predicted octanol–water partition coefficient (Wildman–Crippen LogP) is 4.11. The van der Waals surface area contributed by atoms with E-state index in [4.69, 9.17) is 0 Å². The molecular formula is C16H15F3O2. The van der Waals surface area contributed by atoms with Gasteiger partial charge in [-0.1, -0.05) is 24.3 Å². The quantitative estimate of drug-likeness (QED) is 0.776. The van der Waals surface area contributed by atoms with Crippen molar-refractivity contribution in [3.63, 3.8) is 0 Å². The van der Waals surface area contributed by atoms with Crippen LogP contribution in [0, 0.1) is 5.82 Å². The summed E-state index contributed by atoms with van der Waals surface area (Å²) >= 11 is 0. The minimum absolute atomic E-state index is 0.0408. The molecule has 0 aliphatic carbocycles. The first-order valence-corrected chi connectivity index (χ1v) is 6.65. The maximum Gasteiger partial charge on any atom is 0.376 e. The Balaban J connectivity index is 2.10. The molecule has 0 heterocycles. The molecule has 0 aliphatic rings. The Bertz CT molecular complexity index is 653. The highest BCUT2D eigenvalue weighted by molar-refractivity contribution is 5.83. The molecule has 112 valence electrons. The summed E-state index contributed by atoms with van der Waals surface area (Å²) in [6.45, 7) is 1.41. The molecule has 2 nitrogen and oxygen atoms in total. The molecular weight excluding hydrogens is 281 g/mol. The molecule has 0 spiro atoms. The lowest BCUT2D eigenvalue weighted by Gasteiger charge is -2.14. The predicted molar refractivity (Wildman–Crippen MR) is 73.8 cm³/mol. The van der Waals surface area contributed by atoms with E-state index in [1.165, 1.54) is 19.1 Å². The summed E-state index contributed by atoms with van der Waals surface area (Å²) in [7, 11) is 0. The van der Waals surface area contributed by atoms with Crippen molar-refractivity contribution >= 4 is 16.7 Å². The van der Waals surface area contributed by atoms with Gasteiger partial charge in [-0.2, -0.15) is 8.78 Å². The van der Waals surface area contributed by atoms with E-state index in [-0.39, 0.29) is 18.8 Å². The van der Waals surface area contributed by atoms with E-state index in [9.17, 15) is 18.0 Å². The molecule has 2 aromatic rings. The van der Waals surface area contributed by atoms with Gasteiger partial charge in [0.05, 0.1) is 6.61 Å². The van der Waals surface area contributed by atoms with E-state index < -0.39 is 18.3 Å². The van der Waals surface area contributed by atoms with Crippen molar-refractivity contribution in [2.24, 2.45) is 0 Å². The van der Waals surface area contributed by atoms with Crippen LogP contribution in [0.1, 0.15) is 18.9 Å². The summed E-state index contributed by atoms with van der Waals surface area (Å²) in [5.74, 6) is -5.33. The van der Waals surface area contributed by atoms with Gasteiger partial charge in [0.1, 0.15) is 5.82 Å². The average molecular weight is 296 g/mol. The summed E-state index contributed by atoms with van der Waals surface area (Å²) in [5, 5.41) is 1.48. The summed E-state index contributed by atoms with van der Waals surface area (Å²) in [6, 6.07) is 9.35. The largest absolute Gasteiger partial charge is 0.462 e. The van der Waals surface area contributed by atoms with Crippen molar-refractivity contribution in [2.45, 2.75) is 25.7 Å².